The lowest BCUT2D eigenvalue weighted by Gasteiger charge is -2.48. The summed E-state index contributed by atoms with van der Waals surface area (Å²) in [4.78, 5) is 96.2. The molecule has 0 aliphatic carbocycles. The van der Waals surface area contributed by atoms with E-state index in [9.17, 15) is 38.4 Å². The molecule has 264 valence electrons. The van der Waals surface area contributed by atoms with E-state index in [0.29, 0.717) is 0 Å². The first-order valence-corrected chi connectivity index (χ1v) is 14.2. The van der Waals surface area contributed by atoms with Gasteiger partial charge in [-0.15, -0.1) is 0 Å². The zero-order chi connectivity index (χ0) is 35.6. The molecule has 2 fully saturated rings. The van der Waals surface area contributed by atoms with Crippen LogP contribution in [0.2, 0.25) is 0 Å². The quantitative estimate of drug-likeness (QED) is 0.181. The Kier molecular flexibility index (Phi) is 14.5. The van der Waals surface area contributed by atoms with Gasteiger partial charge in [-0.05, 0) is 0 Å². The van der Waals surface area contributed by atoms with Crippen LogP contribution in [0.25, 0.3) is 0 Å². The molecule has 10 atom stereocenters. The van der Waals surface area contributed by atoms with Gasteiger partial charge in [0.05, 0.1) is 0 Å². The fourth-order valence-corrected chi connectivity index (χ4v) is 4.73. The lowest BCUT2D eigenvalue weighted by Crippen LogP contribution is -2.66. The second kappa shape index (κ2) is 17.5. The normalized spacial score (nSPS) is 30.0. The van der Waals surface area contributed by atoms with Crippen LogP contribution < -0.4 is 0 Å². The predicted octanol–water partition coefficient (Wildman–Crippen LogP) is -0.831. The summed E-state index contributed by atoms with van der Waals surface area (Å²) in [7, 11) is 0. The second-order valence-electron chi connectivity index (χ2n) is 10.3. The molecule has 2 saturated heterocycles. The molecule has 0 bridgehead atoms. The van der Waals surface area contributed by atoms with Crippen molar-refractivity contribution in [1.29, 1.82) is 0 Å². The predicted molar refractivity (Wildman–Crippen MR) is 145 cm³/mol. The lowest BCUT2D eigenvalue weighted by molar-refractivity contribution is -0.377. The highest BCUT2D eigenvalue weighted by Crippen LogP contribution is 2.35. The monoisotopic (exact) mass is 678 g/mol. The Hall–Kier alpha value is -4.36. The van der Waals surface area contributed by atoms with E-state index < -0.39 is 122 Å². The third kappa shape index (κ3) is 12.1. The van der Waals surface area contributed by atoms with Gasteiger partial charge in [-0.1, -0.05) is 0 Å². The molecule has 0 aromatic rings. The van der Waals surface area contributed by atoms with Crippen molar-refractivity contribution in [1.82, 2.24) is 0 Å². The summed E-state index contributed by atoms with van der Waals surface area (Å²) in [5.74, 6) is -6.98. The second-order valence-corrected chi connectivity index (χ2v) is 10.3. The minimum absolute atomic E-state index is 0.587. The summed E-state index contributed by atoms with van der Waals surface area (Å²) >= 11 is 0. The van der Waals surface area contributed by atoms with Gasteiger partial charge in [-0.25, -0.2) is 0 Å². The van der Waals surface area contributed by atoms with Gasteiger partial charge in [0.2, 0.25) is 12.6 Å². The van der Waals surface area contributed by atoms with Crippen molar-refractivity contribution in [3.63, 3.8) is 0 Å². The molecule has 19 heteroatoms. The Labute approximate surface area is 268 Å². The Morgan fingerprint density at radius 3 is 0.894 bits per heavy atom. The van der Waals surface area contributed by atoms with Gasteiger partial charge in [0.25, 0.3) is 0 Å². The zero-order valence-electron chi connectivity index (χ0n) is 26.9. The molecule has 0 aromatic carbocycles. The number of hydrogen-bond acceptors (Lipinski definition) is 19. The number of esters is 8. The number of carbonyl (C=O) groups excluding carboxylic acids is 8. The largest absolute Gasteiger partial charge is 0.463 e. The number of rotatable bonds is 12. The molecule has 8 unspecified atom stereocenters. The minimum atomic E-state index is -1.84. The standard InChI is InChI=1S/C28H38O19/c1-11(29)37-9-19-21(39-13(3)31)23(41-15(5)33)25(43-17(7)35)27(45-19)47-28-26(44-18(8)36)24(42-16(6)34)22(40-14(4)32)20(46-28)10-38-12(2)30/h19-28H,9-10H2,1-8H3/t19-,20?,21?,22?,23?,24?,25?,26?,27+,28?/m1/s1. The van der Waals surface area contributed by atoms with E-state index in [0.717, 1.165) is 55.4 Å². The van der Waals surface area contributed by atoms with Crippen molar-refractivity contribution in [2.45, 2.75) is 117 Å². The van der Waals surface area contributed by atoms with E-state index in [-0.39, 0.29) is 0 Å². The van der Waals surface area contributed by atoms with E-state index in [2.05, 4.69) is 0 Å². The third-order valence-corrected chi connectivity index (χ3v) is 6.16. The van der Waals surface area contributed by atoms with Gasteiger partial charge >= 0.3 is 47.8 Å². The maximum Gasteiger partial charge on any atom is 0.303 e. The molecule has 47 heavy (non-hydrogen) atoms. The molecule has 0 N–H and O–H groups in total. The molecule has 0 spiro atoms. The molecule has 19 nitrogen and oxygen atoms in total. The highest BCUT2D eigenvalue weighted by Gasteiger charge is 2.57. The highest BCUT2D eigenvalue weighted by atomic mass is 16.8. The molecular formula is C28H38O19. The smallest absolute Gasteiger partial charge is 0.303 e. The van der Waals surface area contributed by atoms with Crippen LogP contribution in [0.1, 0.15) is 55.4 Å². The van der Waals surface area contributed by atoms with Gasteiger partial charge in [-0.2, -0.15) is 0 Å². The van der Waals surface area contributed by atoms with Crippen LogP contribution in [0.5, 0.6) is 0 Å². The van der Waals surface area contributed by atoms with E-state index in [4.69, 9.17) is 52.1 Å². The third-order valence-electron chi connectivity index (χ3n) is 6.16. The average Bonchev–Trinajstić information content (AvgIpc) is 2.91. The summed E-state index contributed by atoms with van der Waals surface area (Å²) in [5, 5.41) is 0. The van der Waals surface area contributed by atoms with Crippen molar-refractivity contribution in [2.75, 3.05) is 13.2 Å². The SMILES string of the molecule is CC(=O)OCC1OC(O[C@@H]2O[C@H](COC(C)=O)C(OC(C)=O)C(OC(C)=O)C2OC(C)=O)C(OC(C)=O)C(OC(C)=O)C1OC(C)=O. The Morgan fingerprint density at radius 1 is 0.383 bits per heavy atom. The number of hydrogen-bond donors (Lipinski definition) is 0. The minimum Gasteiger partial charge on any atom is -0.463 e. The topological polar surface area (TPSA) is 238 Å². The fraction of sp³-hybridized carbons (Fsp3) is 0.714. The van der Waals surface area contributed by atoms with Crippen LogP contribution in [0.15, 0.2) is 0 Å². The van der Waals surface area contributed by atoms with E-state index in [1.807, 2.05) is 0 Å². The van der Waals surface area contributed by atoms with Crippen molar-refractivity contribution >= 4 is 47.8 Å². The molecule has 0 saturated carbocycles. The first kappa shape index (κ1) is 38.8. The molecule has 0 radical (unpaired) electrons. The van der Waals surface area contributed by atoms with Gasteiger partial charge in [0, 0.05) is 55.4 Å². The van der Waals surface area contributed by atoms with Crippen molar-refractivity contribution in [2.24, 2.45) is 0 Å². The Morgan fingerprint density at radius 2 is 0.638 bits per heavy atom. The van der Waals surface area contributed by atoms with Gasteiger partial charge < -0.3 is 52.1 Å². The number of ether oxygens (including phenoxy) is 11. The summed E-state index contributed by atoms with van der Waals surface area (Å²) < 4.78 is 60.1. The highest BCUT2D eigenvalue weighted by molar-refractivity contribution is 5.70. The van der Waals surface area contributed by atoms with E-state index in [1.165, 1.54) is 0 Å². The molecule has 2 aliphatic heterocycles. The van der Waals surface area contributed by atoms with Crippen LogP contribution in [0.3, 0.4) is 0 Å². The molecular weight excluding hydrogens is 640 g/mol. The summed E-state index contributed by atoms with van der Waals surface area (Å²) in [6.45, 7) is 7.10. The van der Waals surface area contributed by atoms with Gasteiger partial charge in [-0.3, -0.25) is 38.4 Å². The Balaban J connectivity index is 2.69. The molecule has 2 heterocycles. The van der Waals surface area contributed by atoms with Crippen molar-refractivity contribution < 1.29 is 90.5 Å². The van der Waals surface area contributed by atoms with E-state index >= 15 is 0 Å². The summed E-state index contributed by atoms with van der Waals surface area (Å²) in [6.07, 6.45) is -16.3. The zero-order valence-corrected chi connectivity index (χ0v) is 26.9. The van der Waals surface area contributed by atoms with Crippen LogP contribution in [-0.4, -0.2) is 122 Å². The first-order valence-electron chi connectivity index (χ1n) is 14.2. The van der Waals surface area contributed by atoms with Crippen LogP contribution in [0.4, 0.5) is 0 Å². The molecule has 2 aliphatic rings. The van der Waals surface area contributed by atoms with Crippen molar-refractivity contribution in [3.05, 3.63) is 0 Å². The Bertz CT molecular complexity index is 1110. The maximum absolute atomic E-state index is 12.2. The van der Waals surface area contributed by atoms with Gasteiger partial charge in [0.15, 0.2) is 36.6 Å². The van der Waals surface area contributed by atoms with Gasteiger partial charge in [0.1, 0.15) is 25.4 Å². The molecule has 0 aromatic heterocycles. The lowest BCUT2D eigenvalue weighted by atomic mass is 9.96. The van der Waals surface area contributed by atoms with E-state index in [1.54, 1.807) is 0 Å². The molecule has 0 amide bonds. The summed E-state index contributed by atoms with van der Waals surface area (Å²) in [5.41, 5.74) is 0. The number of carbonyl (C=O) groups is 8. The summed E-state index contributed by atoms with van der Waals surface area (Å²) in [6, 6.07) is 0. The average molecular weight is 679 g/mol. The fourth-order valence-electron chi connectivity index (χ4n) is 4.73. The van der Waals surface area contributed by atoms with Crippen LogP contribution in [-0.2, 0) is 90.5 Å². The maximum atomic E-state index is 12.2. The van der Waals surface area contributed by atoms with Crippen molar-refractivity contribution in [3.8, 4) is 0 Å². The first-order chi connectivity index (χ1) is 21.9. The molecule has 2 rings (SSSR count). The van der Waals surface area contributed by atoms with Crippen LogP contribution >= 0.6 is 0 Å². The van der Waals surface area contributed by atoms with Crippen LogP contribution in [0, 0.1) is 0 Å².